The Hall–Kier alpha value is -2.32. The van der Waals surface area contributed by atoms with Crippen LogP contribution in [0, 0.1) is 11.6 Å². The number of sulfonamides is 1. The summed E-state index contributed by atoms with van der Waals surface area (Å²) in [5.41, 5.74) is 1.39. The minimum atomic E-state index is -3.92. The summed E-state index contributed by atoms with van der Waals surface area (Å²) >= 11 is 0. The molecule has 5 nitrogen and oxygen atoms in total. The van der Waals surface area contributed by atoms with E-state index in [1.165, 1.54) is 25.1 Å². The number of fused-ring (bicyclic) bond motifs is 1. The maximum atomic E-state index is 13.9. The van der Waals surface area contributed by atoms with Crippen molar-refractivity contribution in [3.8, 4) is 0 Å². The van der Waals surface area contributed by atoms with Crippen LogP contribution in [0.25, 0.3) is 0 Å². The van der Waals surface area contributed by atoms with Crippen LogP contribution in [-0.4, -0.2) is 14.3 Å². The maximum Gasteiger partial charge on any atom is 0.241 e. The van der Waals surface area contributed by atoms with Crippen molar-refractivity contribution in [1.82, 2.24) is 4.72 Å². The number of hydrogen-bond acceptors (Lipinski definition) is 3. The highest BCUT2D eigenvalue weighted by Gasteiger charge is 2.22. The van der Waals surface area contributed by atoms with Crippen molar-refractivity contribution in [2.24, 2.45) is 0 Å². The second kappa shape index (κ2) is 7.13. The van der Waals surface area contributed by atoms with Gasteiger partial charge in [0.25, 0.3) is 0 Å². The summed E-state index contributed by atoms with van der Waals surface area (Å²) in [7, 11) is -3.92. The standard InChI is InChI=1S/C18H18F2N2O3S/c1-11(15-7-5-13(19)10-16(15)20)22-26(24,25)14-6-8-17-12(9-14)3-2-4-18(23)21-17/h5-11,22H,2-4H2,1H3,(H,21,23). The molecule has 1 aliphatic rings. The van der Waals surface area contributed by atoms with Crippen LogP contribution < -0.4 is 10.0 Å². The Balaban J connectivity index is 1.86. The van der Waals surface area contributed by atoms with E-state index >= 15 is 0 Å². The number of carbonyl (C=O) groups is 1. The quantitative estimate of drug-likeness (QED) is 0.855. The van der Waals surface area contributed by atoms with Crippen LogP contribution >= 0.6 is 0 Å². The Kier molecular flexibility index (Phi) is 5.06. The molecule has 2 aromatic carbocycles. The van der Waals surface area contributed by atoms with E-state index in [1.807, 2.05) is 0 Å². The van der Waals surface area contributed by atoms with Crippen LogP contribution in [0.5, 0.6) is 0 Å². The second-order valence-electron chi connectivity index (χ2n) is 6.23. The lowest BCUT2D eigenvalue weighted by molar-refractivity contribution is -0.116. The number of benzene rings is 2. The molecule has 1 unspecified atom stereocenters. The number of rotatable bonds is 4. The highest BCUT2D eigenvalue weighted by atomic mass is 32.2. The zero-order valence-corrected chi connectivity index (χ0v) is 14.9. The lowest BCUT2D eigenvalue weighted by Crippen LogP contribution is -2.27. The van der Waals surface area contributed by atoms with Crippen LogP contribution in [-0.2, 0) is 21.2 Å². The van der Waals surface area contributed by atoms with E-state index in [0.717, 1.165) is 11.6 Å². The maximum absolute atomic E-state index is 13.9. The fraction of sp³-hybridized carbons (Fsp3) is 0.278. The fourth-order valence-electron chi connectivity index (χ4n) is 2.94. The molecule has 26 heavy (non-hydrogen) atoms. The van der Waals surface area contributed by atoms with E-state index in [-0.39, 0.29) is 16.4 Å². The van der Waals surface area contributed by atoms with Gasteiger partial charge in [0.1, 0.15) is 11.6 Å². The molecule has 1 aliphatic heterocycles. The van der Waals surface area contributed by atoms with Crippen molar-refractivity contribution in [2.45, 2.75) is 37.1 Å². The molecular weight excluding hydrogens is 362 g/mol. The molecular formula is C18H18F2N2O3S. The Morgan fingerprint density at radius 2 is 1.88 bits per heavy atom. The molecule has 0 fully saturated rings. The SMILES string of the molecule is CC(NS(=O)(=O)c1ccc2c(c1)CCCC(=O)N2)c1ccc(F)cc1F. The highest BCUT2D eigenvalue weighted by molar-refractivity contribution is 7.89. The van der Waals surface area contributed by atoms with Gasteiger partial charge in [0.15, 0.2) is 0 Å². The fourth-order valence-corrected chi connectivity index (χ4v) is 4.21. The van der Waals surface area contributed by atoms with Crippen molar-refractivity contribution in [2.75, 3.05) is 5.32 Å². The lowest BCUT2D eigenvalue weighted by Gasteiger charge is -2.16. The van der Waals surface area contributed by atoms with Crippen LogP contribution in [0.2, 0.25) is 0 Å². The monoisotopic (exact) mass is 380 g/mol. The summed E-state index contributed by atoms with van der Waals surface area (Å²) in [6.07, 6.45) is 1.60. The lowest BCUT2D eigenvalue weighted by atomic mass is 10.1. The van der Waals surface area contributed by atoms with Crippen molar-refractivity contribution in [3.63, 3.8) is 0 Å². The van der Waals surface area contributed by atoms with Crippen molar-refractivity contribution >= 4 is 21.6 Å². The zero-order chi connectivity index (χ0) is 18.9. The predicted molar refractivity (Wildman–Crippen MR) is 93.1 cm³/mol. The minimum absolute atomic E-state index is 0.0294. The van der Waals surface area contributed by atoms with Gasteiger partial charge in [-0.2, -0.15) is 0 Å². The molecule has 1 atom stereocenters. The molecule has 3 rings (SSSR count). The normalized spacial score (nSPS) is 15.7. The summed E-state index contributed by atoms with van der Waals surface area (Å²) in [6.45, 7) is 1.48. The number of carbonyl (C=O) groups excluding carboxylic acids is 1. The van der Waals surface area contributed by atoms with Crippen molar-refractivity contribution in [1.29, 1.82) is 0 Å². The van der Waals surface area contributed by atoms with Crippen molar-refractivity contribution < 1.29 is 22.0 Å². The van der Waals surface area contributed by atoms with Gasteiger partial charge in [-0.05, 0) is 49.6 Å². The number of halogens is 2. The molecule has 0 radical (unpaired) electrons. The second-order valence-corrected chi connectivity index (χ2v) is 7.94. The average molecular weight is 380 g/mol. The van der Waals surface area contributed by atoms with Gasteiger partial charge in [-0.3, -0.25) is 4.79 Å². The first-order chi connectivity index (χ1) is 12.3. The molecule has 2 N–H and O–H groups in total. The molecule has 8 heteroatoms. The van der Waals surface area contributed by atoms with Crippen LogP contribution in [0.3, 0.4) is 0 Å². The van der Waals surface area contributed by atoms with Crippen LogP contribution in [0.15, 0.2) is 41.3 Å². The average Bonchev–Trinajstić information content (AvgIpc) is 2.74. The number of anilines is 1. The van der Waals surface area contributed by atoms with E-state index in [2.05, 4.69) is 10.0 Å². The highest BCUT2D eigenvalue weighted by Crippen LogP contribution is 2.26. The molecule has 2 aromatic rings. The Morgan fingerprint density at radius 1 is 1.12 bits per heavy atom. The van der Waals surface area contributed by atoms with E-state index in [1.54, 1.807) is 6.07 Å². The predicted octanol–water partition coefficient (Wildman–Crippen LogP) is 3.28. The summed E-state index contributed by atoms with van der Waals surface area (Å²) in [4.78, 5) is 11.6. The number of hydrogen-bond donors (Lipinski definition) is 2. The third-order valence-electron chi connectivity index (χ3n) is 4.27. The third-order valence-corrected chi connectivity index (χ3v) is 5.81. The summed E-state index contributed by atoms with van der Waals surface area (Å²) in [6, 6.07) is 6.58. The molecule has 1 amide bonds. The molecule has 1 heterocycles. The van der Waals surface area contributed by atoms with Gasteiger partial charge in [0.2, 0.25) is 15.9 Å². The zero-order valence-electron chi connectivity index (χ0n) is 14.1. The first-order valence-corrected chi connectivity index (χ1v) is 9.64. The van der Waals surface area contributed by atoms with E-state index < -0.39 is 27.7 Å². The number of amides is 1. The first-order valence-electron chi connectivity index (χ1n) is 8.16. The summed E-state index contributed by atoms with van der Waals surface area (Å²) < 4.78 is 54.6. The van der Waals surface area contributed by atoms with Gasteiger partial charge < -0.3 is 5.32 Å². The molecule has 0 aromatic heterocycles. The summed E-state index contributed by atoms with van der Waals surface area (Å²) in [5, 5.41) is 2.74. The van der Waals surface area contributed by atoms with Gasteiger partial charge in [-0.1, -0.05) is 6.07 Å². The molecule has 0 saturated heterocycles. The largest absolute Gasteiger partial charge is 0.326 e. The van der Waals surface area contributed by atoms with Gasteiger partial charge >= 0.3 is 0 Å². The van der Waals surface area contributed by atoms with Crippen molar-refractivity contribution in [3.05, 3.63) is 59.2 Å². The number of nitrogens with one attached hydrogen (secondary N) is 2. The Morgan fingerprint density at radius 3 is 2.62 bits per heavy atom. The van der Waals surface area contributed by atoms with Gasteiger partial charge in [0.05, 0.1) is 4.90 Å². The number of aryl methyl sites for hydroxylation is 1. The smallest absolute Gasteiger partial charge is 0.241 e. The Labute approximate surface area is 150 Å². The molecule has 138 valence electrons. The van der Waals surface area contributed by atoms with E-state index in [9.17, 15) is 22.0 Å². The minimum Gasteiger partial charge on any atom is -0.326 e. The molecule has 0 bridgehead atoms. The van der Waals surface area contributed by atoms with Crippen LogP contribution in [0.4, 0.5) is 14.5 Å². The summed E-state index contributed by atoms with van der Waals surface area (Å²) in [5.74, 6) is -1.64. The molecule has 0 aliphatic carbocycles. The first kappa shape index (κ1) is 18.5. The van der Waals surface area contributed by atoms with Gasteiger partial charge in [0, 0.05) is 29.8 Å². The van der Waals surface area contributed by atoms with E-state index in [4.69, 9.17) is 0 Å². The molecule has 0 spiro atoms. The van der Waals surface area contributed by atoms with Crippen LogP contribution in [0.1, 0.15) is 36.9 Å². The molecule has 0 saturated carbocycles. The topological polar surface area (TPSA) is 75.3 Å². The van der Waals surface area contributed by atoms with Gasteiger partial charge in [-0.15, -0.1) is 0 Å². The van der Waals surface area contributed by atoms with E-state index in [0.29, 0.717) is 31.0 Å². The van der Waals surface area contributed by atoms with Gasteiger partial charge in [-0.25, -0.2) is 21.9 Å². The Bertz CT molecular complexity index is 961. The third kappa shape index (κ3) is 3.91.